The molecule has 2 N–H and O–H groups in total. The number of benzene rings is 2. The highest BCUT2D eigenvalue weighted by Crippen LogP contribution is 2.26. The summed E-state index contributed by atoms with van der Waals surface area (Å²) in [6, 6.07) is 14.9. The summed E-state index contributed by atoms with van der Waals surface area (Å²) < 4.78 is 5.65. The maximum atomic E-state index is 12.6. The van der Waals surface area contributed by atoms with Gasteiger partial charge < -0.3 is 10.1 Å². The molecular formula is C21H23ClN4O2S. The molecule has 0 aliphatic rings. The van der Waals surface area contributed by atoms with Crippen LogP contribution in [0.25, 0.3) is 0 Å². The number of hydrogen-bond donors (Lipinski definition) is 2. The molecule has 1 amide bonds. The van der Waals surface area contributed by atoms with Crippen molar-refractivity contribution in [2.75, 3.05) is 5.32 Å². The molecule has 1 aromatic heterocycles. The van der Waals surface area contributed by atoms with Crippen LogP contribution in [-0.2, 0) is 11.4 Å². The molecule has 1 atom stereocenters. The largest absolute Gasteiger partial charge is 0.486 e. The third kappa shape index (κ3) is 5.98. The van der Waals surface area contributed by atoms with Gasteiger partial charge in [-0.2, -0.15) is 0 Å². The molecule has 8 heteroatoms. The average Bonchev–Trinajstić information content (AvgIpc) is 3.15. The molecule has 1 heterocycles. The zero-order chi connectivity index (χ0) is 20.8. The molecule has 0 saturated carbocycles. The van der Waals surface area contributed by atoms with Gasteiger partial charge in [-0.3, -0.25) is 9.89 Å². The second kappa shape index (κ2) is 9.80. The van der Waals surface area contributed by atoms with Crippen LogP contribution in [0.1, 0.15) is 38.1 Å². The van der Waals surface area contributed by atoms with Crippen molar-refractivity contribution in [3.05, 3.63) is 64.9 Å². The van der Waals surface area contributed by atoms with E-state index in [0.29, 0.717) is 27.7 Å². The Morgan fingerprint density at radius 2 is 1.90 bits per heavy atom. The number of aromatic nitrogens is 3. The van der Waals surface area contributed by atoms with E-state index in [9.17, 15) is 4.79 Å². The lowest BCUT2D eigenvalue weighted by Gasteiger charge is -2.15. The molecule has 0 aliphatic heterocycles. The van der Waals surface area contributed by atoms with Gasteiger partial charge in [-0.25, -0.2) is 4.98 Å². The van der Waals surface area contributed by atoms with Crippen LogP contribution < -0.4 is 10.1 Å². The number of ether oxygens (including phenoxy) is 1. The van der Waals surface area contributed by atoms with Gasteiger partial charge in [-0.1, -0.05) is 55.4 Å². The highest BCUT2D eigenvalue weighted by Gasteiger charge is 2.19. The van der Waals surface area contributed by atoms with Gasteiger partial charge in [0.05, 0.1) is 5.25 Å². The maximum absolute atomic E-state index is 12.6. The fourth-order valence-corrected chi connectivity index (χ4v) is 3.51. The van der Waals surface area contributed by atoms with E-state index >= 15 is 0 Å². The molecule has 6 nitrogen and oxygen atoms in total. The monoisotopic (exact) mass is 430 g/mol. The van der Waals surface area contributed by atoms with Crippen molar-refractivity contribution in [1.29, 1.82) is 0 Å². The summed E-state index contributed by atoms with van der Waals surface area (Å²) >= 11 is 7.15. The van der Waals surface area contributed by atoms with Crippen molar-refractivity contribution < 1.29 is 9.53 Å². The van der Waals surface area contributed by atoms with Crippen LogP contribution in [0.4, 0.5) is 5.69 Å². The van der Waals surface area contributed by atoms with Gasteiger partial charge >= 0.3 is 0 Å². The third-order valence-corrected chi connectivity index (χ3v) is 5.41. The molecule has 0 radical (unpaired) electrons. The molecule has 152 valence electrons. The number of nitrogens with zero attached hydrogens (tertiary/aromatic N) is 2. The number of rotatable bonds is 8. The van der Waals surface area contributed by atoms with Gasteiger partial charge in [0.1, 0.15) is 12.4 Å². The van der Waals surface area contributed by atoms with Gasteiger partial charge in [0.25, 0.3) is 0 Å². The molecule has 2 aromatic carbocycles. The van der Waals surface area contributed by atoms with Gasteiger partial charge in [0, 0.05) is 10.7 Å². The Bertz CT molecular complexity index is 959. The van der Waals surface area contributed by atoms with E-state index in [-0.39, 0.29) is 17.8 Å². The van der Waals surface area contributed by atoms with E-state index in [2.05, 4.69) is 34.3 Å². The summed E-state index contributed by atoms with van der Waals surface area (Å²) in [6.45, 7) is 6.28. The van der Waals surface area contributed by atoms with Gasteiger partial charge in [-0.15, -0.1) is 5.10 Å². The fraction of sp³-hybridized carbons (Fsp3) is 0.286. The van der Waals surface area contributed by atoms with Crippen LogP contribution in [0, 0.1) is 0 Å². The molecule has 3 rings (SSSR count). The summed E-state index contributed by atoms with van der Waals surface area (Å²) in [7, 11) is 0. The SMILES string of the molecule is CC(Sc1n[nH]c(COc2ccc(Cl)cc2)n1)C(=O)Nc1ccccc1C(C)C. The maximum Gasteiger partial charge on any atom is 0.237 e. The molecule has 0 aliphatic carbocycles. The number of hydrogen-bond acceptors (Lipinski definition) is 5. The predicted octanol–water partition coefficient (Wildman–Crippen LogP) is 5.28. The first-order chi connectivity index (χ1) is 13.9. The smallest absolute Gasteiger partial charge is 0.237 e. The summed E-state index contributed by atoms with van der Waals surface area (Å²) in [6.07, 6.45) is 0. The Hall–Kier alpha value is -2.51. The second-order valence-corrected chi connectivity index (χ2v) is 8.54. The van der Waals surface area contributed by atoms with E-state index in [0.717, 1.165) is 11.3 Å². The van der Waals surface area contributed by atoms with Crippen molar-refractivity contribution in [2.45, 2.75) is 43.7 Å². The number of aromatic amines is 1. The standard InChI is InChI=1S/C21H23ClN4O2S/c1-13(2)17-6-4-5-7-18(17)23-20(27)14(3)29-21-24-19(25-26-21)12-28-16-10-8-15(22)9-11-16/h4-11,13-14H,12H2,1-3H3,(H,23,27)(H,24,25,26). The number of thioether (sulfide) groups is 1. The highest BCUT2D eigenvalue weighted by molar-refractivity contribution is 8.00. The molecular weight excluding hydrogens is 408 g/mol. The van der Waals surface area contributed by atoms with E-state index in [4.69, 9.17) is 16.3 Å². The van der Waals surface area contributed by atoms with Crippen molar-refractivity contribution in [3.63, 3.8) is 0 Å². The summed E-state index contributed by atoms with van der Waals surface area (Å²) in [5.41, 5.74) is 1.95. The second-order valence-electron chi connectivity index (χ2n) is 6.80. The Morgan fingerprint density at radius 1 is 1.17 bits per heavy atom. The Kier molecular flexibility index (Phi) is 7.17. The van der Waals surface area contributed by atoms with Crippen LogP contribution in [0.5, 0.6) is 5.75 Å². The van der Waals surface area contributed by atoms with Crippen molar-refractivity contribution in [3.8, 4) is 5.75 Å². The lowest BCUT2D eigenvalue weighted by atomic mass is 10.0. The number of halogens is 1. The van der Waals surface area contributed by atoms with Crippen LogP contribution in [0.15, 0.2) is 53.7 Å². The quantitative estimate of drug-likeness (QED) is 0.475. The molecule has 3 aromatic rings. The zero-order valence-electron chi connectivity index (χ0n) is 16.5. The highest BCUT2D eigenvalue weighted by atomic mass is 35.5. The number of nitrogens with one attached hydrogen (secondary N) is 2. The minimum atomic E-state index is -0.351. The summed E-state index contributed by atoms with van der Waals surface area (Å²) in [5.74, 6) is 1.51. The lowest BCUT2D eigenvalue weighted by molar-refractivity contribution is -0.115. The summed E-state index contributed by atoms with van der Waals surface area (Å²) in [5, 5.41) is 10.8. The van der Waals surface area contributed by atoms with Crippen LogP contribution in [0.3, 0.4) is 0 Å². The Morgan fingerprint density at radius 3 is 2.62 bits per heavy atom. The van der Waals surface area contributed by atoms with E-state index in [1.165, 1.54) is 11.8 Å². The number of amides is 1. The van der Waals surface area contributed by atoms with Gasteiger partial charge in [-0.05, 0) is 48.7 Å². The van der Waals surface area contributed by atoms with Gasteiger partial charge in [0.2, 0.25) is 11.1 Å². The third-order valence-electron chi connectivity index (χ3n) is 4.19. The first kappa shape index (κ1) is 21.2. The minimum Gasteiger partial charge on any atom is -0.486 e. The molecule has 0 saturated heterocycles. The Labute approximate surface area is 179 Å². The van der Waals surface area contributed by atoms with Gasteiger partial charge in [0.15, 0.2) is 5.82 Å². The Balaban J connectivity index is 1.55. The molecule has 1 unspecified atom stereocenters. The fourth-order valence-electron chi connectivity index (χ4n) is 2.64. The van der Waals surface area contributed by atoms with Crippen molar-refractivity contribution in [2.24, 2.45) is 0 Å². The lowest BCUT2D eigenvalue weighted by Crippen LogP contribution is -2.23. The number of carbonyl (C=O) groups is 1. The van der Waals surface area contributed by atoms with Crippen LogP contribution in [-0.4, -0.2) is 26.3 Å². The van der Waals surface area contributed by atoms with Crippen molar-refractivity contribution >= 4 is 35.0 Å². The van der Waals surface area contributed by atoms with Crippen molar-refractivity contribution in [1.82, 2.24) is 15.2 Å². The average molecular weight is 431 g/mol. The zero-order valence-corrected chi connectivity index (χ0v) is 18.1. The number of anilines is 1. The molecule has 0 bridgehead atoms. The first-order valence-corrected chi connectivity index (χ1v) is 10.5. The predicted molar refractivity (Wildman–Crippen MR) is 117 cm³/mol. The molecule has 29 heavy (non-hydrogen) atoms. The van der Waals surface area contributed by atoms with E-state index in [1.54, 1.807) is 24.3 Å². The number of H-pyrrole nitrogens is 1. The minimum absolute atomic E-state index is 0.0909. The molecule has 0 spiro atoms. The first-order valence-electron chi connectivity index (χ1n) is 9.28. The van der Waals surface area contributed by atoms with Crippen LogP contribution in [0.2, 0.25) is 5.02 Å². The molecule has 0 fully saturated rings. The topological polar surface area (TPSA) is 79.9 Å². The normalized spacial score (nSPS) is 12.0. The van der Waals surface area contributed by atoms with E-state index < -0.39 is 0 Å². The summed E-state index contributed by atoms with van der Waals surface area (Å²) in [4.78, 5) is 17.0. The number of para-hydroxylation sites is 1. The van der Waals surface area contributed by atoms with Crippen LogP contribution >= 0.6 is 23.4 Å². The number of carbonyl (C=O) groups excluding carboxylic acids is 1. The van der Waals surface area contributed by atoms with E-state index in [1.807, 2.05) is 31.2 Å².